The molecule has 0 radical (unpaired) electrons. The summed E-state index contributed by atoms with van der Waals surface area (Å²) in [7, 11) is 0. The zero-order valence-corrected chi connectivity index (χ0v) is 9.70. The molecule has 3 amide bonds. The molecule has 0 aromatic carbocycles. The summed E-state index contributed by atoms with van der Waals surface area (Å²) in [5.74, 6) is -2.04. The number of carbonyl (C=O) groups excluding carboxylic acids is 2. The largest absolute Gasteiger partial charge is 0.479 e. The molecule has 2 fully saturated rings. The highest BCUT2D eigenvalue weighted by molar-refractivity contribution is 5.97. The lowest BCUT2D eigenvalue weighted by atomic mass is 10.1. The van der Waals surface area contributed by atoms with Gasteiger partial charge in [-0.05, 0) is 0 Å². The Labute approximate surface area is 103 Å². The number of aliphatic hydroxyl groups is 1. The number of hydrogen-bond donors (Lipinski definition) is 3. The minimum absolute atomic E-state index is 0.0191. The van der Waals surface area contributed by atoms with Crippen LogP contribution in [0.25, 0.3) is 0 Å². The lowest BCUT2D eigenvalue weighted by Gasteiger charge is -2.34. The van der Waals surface area contributed by atoms with E-state index in [1.165, 1.54) is 4.90 Å². The van der Waals surface area contributed by atoms with Gasteiger partial charge in [-0.15, -0.1) is 0 Å². The highest BCUT2D eigenvalue weighted by Crippen LogP contribution is 2.25. The normalized spacial score (nSPS) is 36.7. The zero-order chi connectivity index (χ0) is 13.4. The standard InChI is InChI=1S/C10H14N2O6/c1-4-3-12(10(17)11-8(4)14)6-2-5(13)7(18-6)9(15)16/h4-7,13H,2-3H2,1H3,(H,15,16)(H,11,14,17)/t4?,5-,6+,7-/m0/s1. The fourth-order valence-corrected chi connectivity index (χ4v) is 2.08. The molecule has 18 heavy (non-hydrogen) atoms. The van der Waals surface area contributed by atoms with Crippen LogP contribution in [0.2, 0.25) is 0 Å². The predicted molar refractivity (Wildman–Crippen MR) is 56.3 cm³/mol. The molecule has 2 heterocycles. The third-order valence-corrected chi connectivity index (χ3v) is 3.10. The van der Waals surface area contributed by atoms with Crippen molar-refractivity contribution in [2.24, 2.45) is 5.92 Å². The van der Waals surface area contributed by atoms with Crippen LogP contribution in [0.5, 0.6) is 0 Å². The molecule has 0 aliphatic carbocycles. The first kappa shape index (κ1) is 12.8. The minimum atomic E-state index is -1.34. The fraction of sp³-hybridized carbons (Fsp3) is 0.700. The Bertz CT molecular complexity index is 398. The molecule has 2 aliphatic rings. The van der Waals surface area contributed by atoms with Crippen molar-refractivity contribution in [2.75, 3.05) is 6.54 Å². The second-order valence-electron chi connectivity index (χ2n) is 4.50. The van der Waals surface area contributed by atoms with Gasteiger partial charge in [0.05, 0.1) is 12.0 Å². The van der Waals surface area contributed by atoms with Crippen molar-refractivity contribution in [3.05, 3.63) is 0 Å². The number of carboxylic acid groups (broad SMARTS) is 1. The van der Waals surface area contributed by atoms with Crippen LogP contribution in [0.3, 0.4) is 0 Å². The van der Waals surface area contributed by atoms with Gasteiger partial charge in [-0.3, -0.25) is 15.0 Å². The van der Waals surface area contributed by atoms with E-state index < -0.39 is 36.4 Å². The van der Waals surface area contributed by atoms with Crippen LogP contribution in [0.1, 0.15) is 13.3 Å². The first-order valence-electron chi connectivity index (χ1n) is 5.58. The van der Waals surface area contributed by atoms with Gasteiger partial charge in [0.25, 0.3) is 0 Å². The van der Waals surface area contributed by atoms with Crippen molar-refractivity contribution in [1.29, 1.82) is 0 Å². The summed E-state index contributed by atoms with van der Waals surface area (Å²) in [6, 6.07) is -0.624. The molecule has 100 valence electrons. The van der Waals surface area contributed by atoms with Gasteiger partial charge in [-0.25, -0.2) is 9.59 Å². The number of urea groups is 1. The molecular weight excluding hydrogens is 244 g/mol. The predicted octanol–water partition coefficient (Wildman–Crippen LogP) is -1.27. The summed E-state index contributed by atoms with van der Waals surface area (Å²) < 4.78 is 5.13. The molecule has 0 spiro atoms. The maximum atomic E-state index is 11.6. The number of nitrogens with one attached hydrogen (secondary N) is 1. The molecule has 2 rings (SSSR count). The van der Waals surface area contributed by atoms with E-state index in [4.69, 9.17) is 9.84 Å². The first-order chi connectivity index (χ1) is 8.40. The lowest BCUT2D eigenvalue weighted by molar-refractivity contribution is -0.157. The molecule has 0 bridgehead atoms. The van der Waals surface area contributed by atoms with Gasteiger partial charge >= 0.3 is 12.0 Å². The Morgan fingerprint density at radius 3 is 2.72 bits per heavy atom. The van der Waals surface area contributed by atoms with Gasteiger partial charge in [-0.1, -0.05) is 6.92 Å². The Hall–Kier alpha value is -1.67. The molecular formula is C10H14N2O6. The number of rotatable bonds is 2. The molecule has 4 atom stereocenters. The van der Waals surface area contributed by atoms with E-state index in [9.17, 15) is 19.5 Å². The van der Waals surface area contributed by atoms with Gasteiger partial charge in [0.15, 0.2) is 6.10 Å². The Morgan fingerprint density at radius 1 is 1.50 bits per heavy atom. The maximum Gasteiger partial charge on any atom is 0.335 e. The summed E-state index contributed by atoms with van der Waals surface area (Å²) in [4.78, 5) is 34.9. The van der Waals surface area contributed by atoms with Crippen molar-refractivity contribution in [3.63, 3.8) is 0 Å². The van der Waals surface area contributed by atoms with Crippen LogP contribution >= 0.6 is 0 Å². The third kappa shape index (κ3) is 2.16. The minimum Gasteiger partial charge on any atom is -0.479 e. The Kier molecular flexibility index (Phi) is 3.22. The Morgan fingerprint density at radius 2 is 2.17 bits per heavy atom. The molecule has 2 aliphatic heterocycles. The van der Waals surface area contributed by atoms with E-state index in [0.717, 1.165) is 0 Å². The van der Waals surface area contributed by atoms with E-state index in [2.05, 4.69) is 5.32 Å². The summed E-state index contributed by atoms with van der Waals surface area (Å²) in [6.07, 6.45) is -3.30. The molecule has 0 aromatic heterocycles. The highest BCUT2D eigenvalue weighted by atomic mass is 16.6. The van der Waals surface area contributed by atoms with Crippen LogP contribution in [-0.2, 0) is 14.3 Å². The van der Waals surface area contributed by atoms with Crippen LogP contribution < -0.4 is 5.32 Å². The Balaban J connectivity index is 2.07. The number of aliphatic carboxylic acids is 1. The molecule has 0 saturated carbocycles. The fourth-order valence-electron chi connectivity index (χ4n) is 2.08. The number of imide groups is 1. The number of carbonyl (C=O) groups is 3. The average molecular weight is 258 g/mol. The second kappa shape index (κ2) is 4.54. The van der Waals surface area contributed by atoms with Crippen molar-refractivity contribution in [2.45, 2.75) is 31.8 Å². The topological polar surface area (TPSA) is 116 Å². The third-order valence-electron chi connectivity index (χ3n) is 3.10. The van der Waals surface area contributed by atoms with Crippen LogP contribution in [0, 0.1) is 5.92 Å². The average Bonchev–Trinajstić information content (AvgIpc) is 2.65. The van der Waals surface area contributed by atoms with Crippen LogP contribution in [-0.4, -0.2) is 58.0 Å². The molecule has 8 nitrogen and oxygen atoms in total. The van der Waals surface area contributed by atoms with Crippen molar-refractivity contribution >= 4 is 17.9 Å². The molecule has 8 heteroatoms. The summed E-state index contributed by atoms with van der Waals surface area (Å²) >= 11 is 0. The smallest absolute Gasteiger partial charge is 0.335 e. The SMILES string of the molecule is CC1CN([C@H]2C[C@H](O)[C@@H](C(=O)O)O2)C(=O)NC1=O. The molecule has 3 N–H and O–H groups in total. The van der Waals surface area contributed by atoms with E-state index in [0.29, 0.717) is 0 Å². The quantitative estimate of drug-likeness (QED) is 0.569. The summed E-state index contributed by atoms with van der Waals surface area (Å²) in [6.45, 7) is 1.79. The number of ether oxygens (including phenoxy) is 1. The molecule has 0 aromatic rings. The number of aliphatic hydroxyl groups excluding tert-OH is 1. The van der Waals surface area contributed by atoms with Crippen molar-refractivity contribution < 1.29 is 29.3 Å². The maximum absolute atomic E-state index is 11.6. The summed E-state index contributed by atoms with van der Waals surface area (Å²) in [5.41, 5.74) is 0. The highest BCUT2D eigenvalue weighted by Gasteiger charge is 2.44. The first-order valence-corrected chi connectivity index (χ1v) is 5.58. The van der Waals surface area contributed by atoms with E-state index in [-0.39, 0.29) is 18.9 Å². The van der Waals surface area contributed by atoms with Crippen LogP contribution in [0.4, 0.5) is 4.79 Å². The zero-order valence-electron chi connectivity index (χ0n) is 9.70. The molecule has 2 saturated heterocycles. The van der Waals surface area contributed by atoms with Gasteiger partial charge < -0.3 is 14.9 Å². The monoisotopic (exact) mass is 258 g/mol. The van der Waals surface area contributed by atoms with E-state index >= 15 is 0 Å². The number of amides is 3. The van der Waals surface area contributed by atoms with E-state index in [1.807, 2.05) is 0 Å². The van der Waals surface area contributed by atoms with Gasteiger partial charge in [0.2, 0.25) is 5.91 Å². The number of nitrogens with zero attached hydrogens (tertiary/aromatic N) is 1. The number of hydrogen-bond acceptors (Lipinski definition) is 5. The molecule has 1 unspecified atom stereocenters. The van der Waals surface area contributed by atoms with Gasteiger partial charge in [-0.2, -0.15) is 0 Å². The van der Waals surface area contributed by atoms with E-state index in [1.54, 1.807) is 6.92 Å². The number of carboxylic acids is 1. The second-order valence-corrected chi connectivity index (χ2v) is 4.50. The van der Waals surface area contributed by atoms with Crippen molar-refractivity contribution in [3.8, 4) is 0 Å². The van der Waals surface area contributed by atoms with Gasteiger partial charge in [0.1, 0.15) is 6.23 Å². The van der Waals surface area contributed by atoms with Gasteiger partial charge in [0, 0.05) is 13.0 Å². The lowest BCUT2D eigenvalue weighted by Crippen LogP contribution is -2.57. The summed E-state index contributed by atoms with van der Waals surface area (Å²) in [5, 5.41) is 20.5. The van der Waals surface area contributed by atoms with Crippen LogP contribution in [0.15, 0.2) is 0 Å². The van der Waals surface area contributed by atoms with Crippen molar-refractivity contribution in [1.82, 2.24) is 10.2 Å².